The van der Waals surface area contributed by atoms with Gasteiger partial charge in [0.2, 0.25) is 0 Å². The number of carbonyl (C=O) groups excluding carboxylic acids is 1. The van der Waals surface area contributed by atoms with E-state index in [4.69, 9.17) is 14.7 Å². The topological polar surface area (TPSA) is 62.6 Å². The summed E-state index contributed by atoms with van der Waals surface area (Å²) in [6, 6.07) is 2.16. The van der Waals surface area contributed by atoms with Gasteiger partial charge < -0.3 is 14.4 Å². The Morgan fingerprint density at radius 3 is 2.81 bits per heavy atom. The maximum absolute atomic E-state index is 10.9. The first kappa shape index (κ1) is 14.9. The van der Waals surface area contributed by atoms with Crippen molar-refractivity contribution in [1.82, 2.24) is 4.90 Å². The maximum atomic E-state index is 10.9. The van der Waals surface area contributed by atoms with Crippen molar-refractivity contribution in [3.63, 3.8) is 0 Å². The zero-order valence-corrected chi connectivity index (χ0v) is 10.2. The molecule has 0 fully saturated rings. The molecule has 0 bridgehead atoms. The van der Waals surface area contributed by atoms with Gasteiger partial charge in [0.05, 0.1) is 25.2 Å². The lowest BCUT2D eigenvalue weighted by molar-refractivity contribution is -0.148. The van der Waals surface area contributed by atoms with E-state index < -0.39 is 0 Å². The molecular formula is C11H20N2O3. The van der Waals surface area contributed by atoms with Crippen LogP contribution in [0.1, 0.15) is 13.8 Å². The van der Waals surface area contributed by atoms with Gasteiger partial charge in [0.1, 0.15) is 6.61 Å². The lowest BCUT2D eigenvalue weighted by atomic mass is 10.2. The standard InChI is InChI=1S/C11H20N2O3/c1-4-16-11(14)9-15-6-5-13(3)8-10(2)7-12/h10H,4-6,8-9H2,1-3H3. The Balaban J connectivity index is 3.45. The van der Waals surface area contributed by atoms with E-state index in [1.165, 1.54) is 0 Å². The molecule has 1 unspecified atom stereocenters. The highest BCUT2D eigenvalue weighted by molar-refractivity contribution is 5.70. The fourth-order valence-corrected chi connectivity index (χ4v) is 1.18. The van der Waals surface area contributed by atoms with Gasteiger partial charge >= 0.3 is 5.97 Å². The number of carbonyl (C=O) groups is 1. The van der Waals surface area contributed by atoms with Crippen molar-refractivity contribution in [3.05, 3.63) is 0 Å². The van der Waals surface area contributed by atoms with E-state index in [0.29, 0.717) is 26.3 Å². The van der Waals surface area contributed by atoms with Gasteiger partial charge in [-0.3, -0.25) is 0 Å². The molecule has 0 rings (SSSR count). The van der Waals surface area contributed by atoms with E-state index in [1.54, 1.807) is 6.92 Å². The predicted octanol–water partition coefficient (Wildman–Crippen LogP) is 0.658. The van der Waals surface area contributed by atoms with Crippen LogP contribution in [0.2, 0.25) is 0 Å². The Bertz CT molecular complexity index is 238. The van der Waals surface area contributed by atoms with Gasteiger partial charge in [-0.15, -0.1) is 0 Å². The molecule has 0 N–H and O–H groups in total. The summed E-state index contributed by atoms with van der Waals surface area (Å²) < 4.78 is 9.85. The highest BCUT2D eigenvalue weighted by atomic mass is 16.6. The monoisotopic (exact) mass is 228 g/mol. The van der Waals surface area contributed by atoms with Crippen molar-refractivity contribution in [1.29, 1.82) is 5.26 Å². The van der Waals surface area contributed by atoms with Crippen molar-refractivity contribution in [3.8, 4) is 6.07 Å². The van der Waals surface area contributed by atoms with Gasteiger partial charge in [-0.05, 0) is 20.9 Å². The SMILES string of the molecule is CCOC(=O)COCCN(C)CC(C)C#N. The molecular weight excluding hydrogens is 208 g/mol. The molecule has 0 heterocycles. The van der Waals surface area contributed by atoms with Crippen LogP contribution in [-0.4, -0.2) is 50.8 Å². The fourth-order valence-electron chi connectivity index (χ4n) is 1.18. The molecule has 0 aliphatic carbocycles. The first-order chi connectivity index (χ1) is 7.60. The number of hydrogen-bond donors (Lipinski definition) is 0. The van der Waals surface area contributed by atoms with Gasteiger partial charge in [-0.2, -0.15) is 5.26 Å². The molecule has 5 nitrogen and oxygen atoms in total. The van der Waals surface area contributed by atoms with Crippen LogP contribution < -0.4 is 0 Å². The minimum absolute atomic E-state index is 0.00448. The van der Waals surface area contributed by atoms with Crippen LogP contribution in [0, 0.1) is 17.2 Å². The first-order valence-electron chi connectivity index (χ1n) is 5.41. The lowest BCUT2D eigenvalue weighted by Gasteiger charge is -2.17. The first-order valence-corrected chi connectivity index (χ1v) is 5.41. The van der Waals surface area contributed by atoms with Gasteiger partial charge in [0.25, 0.3) is 0 Å². The normalized spacial score (nSPS) is 12.2. The minimum atomic E-state index is -0.337. The largest absolute Gasteiger partial charge is 0.464 e. The van der Waals surface area contributed by atoms with Crippen LogP contribution in [-0.2, 0) is 14.3 Å². The van der Waals surface area contributed by atoms with Crippen LogP contribution in [0.3, 0.4) is 0 Å². The van der Waals surface area contributed by atoms with E-state index in [-0.39, 0.29) is 18.5 Å². The number of nitrogens with zero attached hydrogens (tertiary/aromatic N) is 2. The summed E-state index contributed by atoms with van der Waals surface area (Å²) in [6.45, 7) is 5.88. The zero-order valence-electron chi connectivity index (χ0n) is 10.2. The van der Waals surface area contributed by atoms with E-state index in [2.05, 4.69) is 6.07 Å². The van der Waals surface area contributed by atoms with Crippen molar-refractivity contribution in [2.24, 2.45) is 5.92 Å². The van der Waals surface area contributed by atoms with Gasteiger partial charge in [0.15, 0.2) is 0 Å². The summed E-state index contributed by atoms with van der Waals surface area (Å²) in [7, 11) is 1.92. The van der Waals surface area contributed by atoms with Gasteiger partial charge in [0, 0.05) is 13.1 Å². The van der Waals surface area contributed by atoms with Crippen LogP contribution >= 0.6 is 0 Å². The quantitative estimate of drug-likeness (QED) is 0.451. The van der Waals surface area contributed by atoms with Crippen molar-refractivity contribution >= 4 is 5.97 Å². The zero-order chi connectivity index (χ0) is 12.4. The van der Waals surface area contributed by atoms with E-state index >= 15 is 0 Å². The van der Waals surface area contributed by atoms with Crippen molar-refractivity contribution in [2.45, 2.75) is 13.8 Å². The Kier molecular flexibility index (Phi) is 8.49. The van der Waals surface area contributed by atoms with Crippen molar-refractivity contribution < 1.29 is 14.3 Å². The molecule has 0 aromatic rings. The third-order valence-electron chi connectivity index (χ3n) is 1.95. The lowest BCUT2D eigenvalue weighted by Crippen LogP contribution is -2.28. The van der Waals surface area contributed by atoms with Gasteiger partial charge in [-0.1, -0.05) is 0 Å². The minimum Gasteiger partial charge on any atom is -0.464 e. The Morgan fingerprint density at radius 2 is 2.25 bits per heavy atom. The summed E-state index contributed by atoms with van der Waals surface area (Å²) in [5.74, 6) is -0.328. The molecule has 5 heteroatoms. The third kappa shape index (κ3) is 8.21. The molecule has 0 spiro atoms. The molecule has 16 heavy (non-hydrogen) atoms. The molecule has 0 aromatic heterocycles. The van der Waals surface area contributed by atoms with E-state index in [1.807, 2.05) is 18.9 Å². The molecule has 1 atom stereocenters. The summed E-state index contributed by atoms with van der Waals surface area (Å²) in [6.07, 6.45) is 0. The van der Waals surface area contributed by atoms with E-state index in [0.717, 1.165) is 0 Å². The molecule has 0 aliphatic rings. The molecule has 0 aliphatic heterocycles. The van der Waals surface area contributed by atoms with Crippen molar-refractivity contribution in [2.75, 3.05) is 40.0 Å². The number of rotatable bonds is 8. The smallest absolute Gasteiger partial charge is 0.332 e. The molecule has 92 valence electrons. The second-order valence-corrected chi connectivity index (χ2v) is 3.65. The second kappa shape index (κ2) is 9.13. The Hall–Kier alpha value is -1.12. The molecule has 0 saturated carbocycles. The fraction of sp³-hybridized carbons (Fsp3) is 0.818. The van der Waals surface area contributed by atoms with Crippen LogP contribution in [0.15, 0.2) is 0 Å². The third-order valence-corrected chi connectivity index (χ3v) is 1.95. The summed E-state index contributed by atoms with van der Waals surface area (Å²) >= 11 is 0. The Labute approximate surface area is 96.9 Å². The number of nitriles is 1. The second-order valence-electron chi connectivity index (χ2n) is 3.65. The maximum Gasteiger partial charge on any atom is 0.332 e. The average Bonchev–Trinajstić information content (AvgIpc) is 2.24. The van der Waals surface area contributed by atoms with Gasteiger partial charge in [-0.25, -0.2) is 4.79 Å². The summed E-state index contributed by atoms with van der Waals surface area (Å²) in [4.78, 5) is 12.9. The van der Waals surface area contributed by atoms with Crippen LogP contribution in [0.4, 0.5) is 0 Å². The Morgan fingerprint density at radius 1 is 1.56 bits per heavy atom. The highest BCUT2D eigenvalue weighted by Crippen LogP contribution is 1.95. The predicted molar refractivity (Wildman–Crippen MR) is 59.7 cm³/mol. The highest BCUT2D eigenvalue weighted by Gasteiger charge is 2.05. The number of likely N-dealkylation sites (N-methyl/N-ethyl adjacent to an activating group) is 1. The summed E-state index contributed by atoms with van der Waals surface area (Å²) in [5.41, 5.74) is 0. The number of ether oxygens (including phenoxy) is 2. The molecule has 0 aromatic carbocycles. The number of esters is 1. The van der Waals surface area contributed by atoms with Crippen LogP contribution in [0.5, 0.6) is 0 Å². The average molecular weight is 228 g/mol. The molecule has 0 radical (unpaired) electrons. The van der Waals surface area contributed by atoms with E-state index in [9.17, 15) is 4.79 Å². The summed E-state index contributed by atoms with van der Waals surface area (Å²) in [5, 5.41) is 8.62. The molecule has 0 saturated heterocycles. The molecule has 0 amide bonds. The van der Waals surface area contributed by atoms with Crippen LogP contribution in [0.25, 0.3) is 0 Å². The number of hydrogen-bond acceptors (Lipinski definition) is 5.